The van der Waals surface area contributed by atoms with E-state index in [0.717, 1.165) is 18.4 Å². The molecule has 2 aliphatic rings. The summed E-state index contributed by atoms with van der Waals surface area (Å²) in [5, 5.41) is 2.73. The number of benzene rings is 1. The fraction of sp³-hybridized carbons (Fsp3) is 0.529. The largest absolute Gasteiger partial charge is 0.345 e. The topological polar surface area (TPSA) is 49.4 Å². The number of amides is 2. The van der Waals surface area contributed by atoms with Crippen LogP contribution in [0.15, 0.2) is 30.3 Å². The van der Waals surface area contributed by atoms with E-state index in [-0.39, 0.29) is 24.4 Å². The lowest BCUT2D eigenvalue weighted by Crippen LogP contribution is -2.57. The van der Waals surface area contributed by atoms with Gasteiger partial charge in [0.25, 0.3) is 0 Å². The molecular weight excluding hydrogens is 264 g/mol. The van der Waals surface area contributed by atoms with Crippen LogP contribution in [0.1, 0.15) is 38.3 Å². The number of nitrogens with one attached hydrogen (secondary N) is 1. The zero-order chi connectivity index (χ0) is 15.0. The minimum absolute atomic E-state index is 0.0365. The molecule has 0 radical (unpaired) electrons. The summed E-state index contributed by atoms with van der Waals surface area (Å²) in [6, 6.07) is 9.31. The Hall–Kier alpha value is -1.84. The van der Waals surface area contributed by atoms with Gasteiger partial charge in [-0.15, -0.1) is 0 Å². The Balaban J connectivity index is 1.97. The maximum absolute atomic E-state index is 12.5. The van der Waals surface area contributed by atoms with E-state index in [9.17, 15) is 9.59 Å². The number of carbonyl (C=O) groups excluding carboxylic acids is 2. The number of nitrogens with zero attached hydrogens (tertiary/aromatic N) is 1. The molecule has 112 valence electrons. The molecule has 4 unspecified atom stereocenters. The van der Waals surface area contributed by atoms with Crippen molar-refractivity contribution < 1.29 is 9.59 Å². The third-order valence-electron chi connectivity index (χ3n) is 5.12. The molecule has 1 heterocycles. The maximum Gasteiger partial charge on any atom is 0.247 e. The van der Waals surface area contributed by atoms with Crippen LogP contribution in [0, 0.1) is 11.8 Å². The summed E-state index contributed by atoms with van der Waals surface area (Å²) in [5.74, 6) is 1.01. The summed E-state index contributed by atoms with van der Waals surface area (Å²) in [6.45, 7) is 4.56. The Morgan fingerprint density at radius 1 is 1.10 bits per heavy atom. The van der Waals surface area contributed by atoms with E-state index in [0.29, 0.717) is 11.8 Å². The summed E-state index contributed by atoms with van der Waals surface area (Å²) >= 11 is 0. The van der Waals surface area contributed by atoms with Gasteiger partial charge in [0, 0.05) is 6.04 Å². The molecule has 21 heavy (non-hydrogen) atoms. The van der Waals surface area contributed by atoms with E-state index in [1.165, 1.54) is 0 Å². The molecule has 1 N–H and O–H groups in total. The first-order chi connectivity index (χ1) is 10.1. The number of carbonyl (C=O) groups is 2. The van der Waals surface area contributed by atoms with Gasteiger partial charge in [0.2, 0.25) is 11.8 Å². The van der Waals surface area contributed by atoms with Gasteiger partial charge < -0.3 is 10.2 Å². The molecule has 4 atom stereocenters. The molecule has 1 aromatic carbocycles. The van der Waals surface area contributed by atoms with Crippen LogP contribution in [0.3, 0.4) is 0 Å². The van der Waals surface area contributed by atoms with E-state index in [1.54, 1.807) is 0 Å². The molecule has 0 bridgehead atoms. The first-order valence-electron chi connectivity index (χ1n) is 7.73. The molecule has 4 heteroatoms. The molecule has 4 nitrogen and oxygen atoms in total. The fourth-order valence-corrected chi connectivity index (χ4v) is 3.68. The van der Waals surface area contributed by atoms with Crippen LogP contribution in [-0.2, 0) is 9.59 Å². The highest BCUT2D eigenvalue weighted by molar-refractivity contribution is 5.95. The second-order valence-electron chi connectivity index (χ2n) is 6.31. The van der Waals surface area contributed by atoms with Crippen LogP contribution < -0.4 is 5.32 Å². The predicted molar refractivity (Wildman–Crippen MR) is 80.4 cm³/mol. The highest BCUT2D eigenvalue weighted by Crippen LogP contribution is 2.39. The van der Waals surface area contributed by atoms with E-state index in [2.05, 4.69) is 19.2 Å². The Morgan fingerprint density at radius 2 is 1.81 bits per heavy atom. The van der Waals surface area contributed by atoms with Crippen molar-refractivity contribution in [2.75, 3.05) is 6.54 Å². The Bertz CT molecular complexity index is 543. The predicted octanol–water partition coefficient (Wildman–Crippen LogP) is 2.12. The first kappa shape index (κ1) is 14.1. The van der Waals surface area contributed by atoms with Gasteiger partial charge in [-0.1, -0.05) is 44.2 Å². The van der Waals surface area contributed by atoms with Crippen molar-refractivity contribution in [1.29, 1.82) is 0 Å². The summed E-state index contributed by atoms with van der Waals surface area (Å²) < 4.78 is 0. The van der Waals surface area contributed by atoms with Crippen molar-refractivity contribution >= 4 is 11.8 Å². The van der Waals surface area contributed by atoms with Crippen molar-refractivity contribution in [3.05, 3.63) is 35.9 Å². The number of hydrogen-bond donors (Lipinski definition) is 1. The standard InChI is InChI=1S/C17H22N2O2/c1-11-8-9-14(12(11)2)19-15(20)10-18-17(21)16(19)13-6-4-3-5-7-13/h3-7,11-12,14,16H,8-10H2,1-2H3,(H,18,21). The van der Waals surface area contributed by atoms with Gasteiger partial charge in [0.15, 0.2) is 0 Å². The second-order valence-corrected chi connectivity index (χ2v) is 6.31. The van der Waals surface area contributed by atoms with E-state index in [4.69, 9.17) is 0 Å². The van der Waals surface area contributed by atoms with Crippen molar-refractivity contribution in [2.45, 2.75) is 38.8 Å². The van der Waals surface area contributed by atoms with Gasteiger partial charge in [-0.3, -0.25) is 9.59 Å². The summed E-state index contributed by atoms with van der Waals surface area (Å²) in [7, 11) is 0. The first-order valence-corrected chi connectivity index (χ1v) is 7.73. The van der Waals surface area contributed by atoms with Gasteiger partial charge >= 0.3 is 0 Å². The van der Waals surface area contributed by atoms with Gasteiger partial charge in [0.1, 0.15) is 6.04 Å². The zero-order valence-electron chi connectivity index (χ0n) is 12.6. The minimum Gasteiger partial charge on any atom is -0.345 e. The van der Waals surface area contributed by atoms with E-state index < -0.39 is 6.04 Å². The van der Waals surface area contributed by atoms with Gasteiger partial charge in [0.05, 0.1) is 6.54 Å². The minimum atomic E-state index is -0.481. The number of rotatable bonds is 2. The van der Waals surface area contributed by atoms with Crippen molar-refractivity contribution in [1.82, 2.24) is 10.2 Å². The Kier molecular flexibility index (Phi) is 3.70. The van der Waals surface area contributed by atoms with Crippen LogP contribution in [0.2, 0.25) is 0 Å². The lowest BCUT2D eigenvalue weighted by molar-refractivity contribution is -0.149. The molecule has 2 fully saturated rings. The van der Waals surface area contributed by atoms with Gasteiger partial charge in [-0.2, -0.15) is 0 Å². The molecule has 1 aliphatic carbocycles. The van der Waals surface area contributed by atoms with Crippen LogP contribution in [-0.4, -0.2) is 29.3 Å². The summed E-state index contributed by atoms with van der Waals surface area (Å²) in [6.07, 6.45) is 2.11. The van der Waals surface area contributed by atoms with Crippen LogP contribution in [0.4, 0.5) is 0 Å². The molecular formula is C17H22N2O2. The molecule has 2 amide bonds. The molecule has 1 saturated carbocycles. The molecule has 0 spiro atoms. The van der Waals surface area contributed by atoms with Crippen molar-refractivity contribution in [3.8, 4) is 0 Å². The molecule has 1 saturated heterocycles. The molecule has 1 aromatic rings. The molecule has 0 aromatic heterocycles. The number of hydrogen-bond acceptors (Lipinski definition) is 2. The monoisotopic (exact) mass is 286 g/mol. The lowest BCUT2D eigenvalue weighted by atomic mass is 9.93. The molecule has 3 rings (SSSR count). The number of piperazine rings is 1. The van der Waals surface area contributed by atoms with E-state index in [1.807, 2.05) is 35.2 Å². The zero-order valence-corrected chi connectivity index (χ0v) is 12.6. The van der Waals surface area contributed by atoms with Crippen molar-refractivity contribution in [3.63, 3.8) is 0 Å². The van der Waals surface area contributed by atoms with Crippen LogP contribution >= 0.6 is 0 Å². The summed E-state index contributed by atoms with van der Waals surface area (Å²) in [5.41, 5.74) is 0.898. The normalized spacial score (nSPS) is 33.1. The smallest absolute Gasteiger partial charge is 0.247 e. The third-order valence-corrected chi connectivity index (χ3v) is 5.12. The second kappa shape index (κ2) is 5.51. The Labute approximate surface area is 125 Å². The third kappa shape index (κ3) is 2.43. The van der Waals surface area contributed by atoms with Gasteiger partial charge in [-0.05, 0) is 30.2 Å². The quantitative estimate of drug-likeness (QED) is 0.905. The van der Waals surface area contributed by atoms with Crippen molar-refractivity contribution in [2.24, 2.45) is 11.8 Å². The fourth-order valence-electron chi connectivity index (χ4n) is 3.68. The van der Waals surface area contributed by atoms with E-state index >= 15 is 0 Å². The van der Waals surface area contributed by atoms with Gasteiger partial charge in [-0.25, -0.2) is 0 Å². The Morgan fingerprint density at radius 3 is 2.43 bits per heavy atom. The highest BCUT2D eigenvalue weighted by atomic mass is 16.2. The molecule has 1 aliphatic heterocycles. The van der Waals surface area contributed by atoms with Crippen LogP contribution in [0.5, 0.6) is 0 Å². The maximum atomic E-state index is 12.5. The average Bonchev–Trinajstić information content (AvgIpc) is 2.82. The lowest BCUT2D eigenvalue weighted by Gasteiger charge is -2.41. The summed E-state index contributed by atoms with van der Waals surface area (Å²) in [4.78, 5) is 26.7. The highest BCUT2D eigenvalue weighted by Gasteiger charge is 2.44. The SMILES string of the molecule is CC1CCC(N2C(=O)CNC(=O)C2c2ccccc2)C1C. The van der Waals surface area contributed by atoms with Crippen LogP contribution in [0.25, 0.3) is 0 Å². The average molecular weight is 286 g/mol.